The molecule has 5 nitrogen and oxygen atoms in total. The van der Waals surface area contributed by atoms with Crippen LogP contribution in [0.25, 0.3) is 0 Å². The quantitative estimate of drug-likeness (QED) is 0.675. The third kappa shape index (κ3) is 2.97. The summed E-state index contributed by atoms with van der Waals surface area (Å²) < 4.78 is 0.651. The van der Waals surface area contributed by atoms with Crippen molar-refractivity contribution in [1.29, 1.82) is 0 Å². The van der Waals surface area contributed by atoms with E-state index < -0.39 is 0 Å². The molecule has 0 aromatic carbocycles. The van der Waals surface area contributed by atoms with E-state index in [-0.39, 0.29) is 0 Å². The van der Waals surface area contributed by atoms with Crippen LogP contribution in [0.2, 0.25) is 0 Å². The molecule has 18 heavy (non-hydrogen) atoms. The Morgan fingerprint density at radius 2 is 1.56 bits per heavy atom. The van der Waals surface area contributed by atoms with Gasteiger partial charge in [-0.25, -0.2) is 19.9 Å². The Morgan fingerprint density at radius 1 is 1.00 bits per heavy atom. The van der Waals surface area contributed by atoms with Crippen molar-refractivity contribution in [2.24, 2.45) is 0 Å². The fourth-order valence-corrected chi connectivity index (χ4v) is 2.67. The fraction of sp³-hybridized carbons (Fsp3) is 0.273. The summed E-state index contributed by atoms with van der Waals surface area (Å²) in [5, 5.41) is 1.16. The molecule has 0 atom stereocenters. The Kier molecular flexibility index (Phi) is 3.82. The van der Waals surface area contributed by atoms with Gasteiger partial charge in [0.2, 0.25) is 0 Å². The highest BCUT2D eigenvalue weighted by atomic mass is 79.9. The maximum absolute atomic E-state index is 5.66. The molecule has 0 saturated carbocycles. The van der Waals surface area contributed by atoms with Crippen molar-refractivity contribution < 1.29 is 0 Å². The molecule has 0 fully saturated rings. The molecule has 0 bridgehead atoms. The van der Waals surface area contributed by atoms with Crippen LogP contribution < -0.4 is 5.73 Å². The number of hydrogen-bond acceptors (Lipinski definition) is 6. The van der Waals surface area contributed by atoms with E-state index in [1.807, 2.05) is 20.8 Å². The molecule has 0 saturated heterocycles. The third-order valence-corrected chi connectivity index (χ3v) is 3.63. The van der Waals surface area contributed by atoms with Gasteiger partial charge in [0.25, 0.3) is 0 Å². The van der Waals surface area contributed by atoms with E-state index in [4.69, 9.17) is 5.73 Å². The van der Waals surface area contributed by atoms with Crippen LogP contribution in [0, 0.1) is 20.8 Å². The number of rotatable bonds is 2. The molecule has 0 spiro atoms. The Balaban J connectivity index is 2.34. The minimum atomic E-state index is 0.417. The summed E-state index contributed by atoms with van der Waals surface area (Å²) in [5.74, 6) is 0.417. The Bertz CT molecular complexity index is 559. The zero-order chi connectivity index (χ0) is 13.3. The molecule has 2 aromatic heterocycles. The minimum absolute atomic E-state index is 0.417. The van der Waals surface area contributed by atoms with Crippen LogP contribution >= 0.6 is 27.7 Å². The van der Waals surface area contributed by atoms with Crippen LogP contribution in [0.1, 0.15) is 17.0 Å². The van der Waals surface area contributed by atoms with Crippen LogP contribution in [0.3, 0.4) is 0 Å². The molecule has 0 aliphatic heterocycles. The molecule has 0 aliphatic rings. The lowest BCUT2D eigenvalue weighted by atomic mass is 10.2. The van der Waals surface area contributed by atoms with E-state index in [2.05, 4.69) is 35.9 Å². The lowest BCUT2D eigenvalue weighted by Gasteiger charge is -2.06. The van der Waals surface area contributed by atoms with Gasteiger partial charge in [-0.1, -0.05) is 0 Å². The lowest BCUT2D eigenvalue weighted by Crippen LogP contribution is -2.00. The van der Waals surface area contributed by atoms with E-state index in [1.54, 1.807) is 6.07 Å². The number of aromatic nitrogens is 4. The van der Waals surface area contributed by atoms with Gasteiger partial charge in [-0.05, 0) is 54.0 Å². The Morgan fingerprint density at radius 3 is 2.11 bits per heavy atom. The first-order valence-electron chi connectivity index (χ1n) is 5.25. The van der Waals surface area contributed by atoms with E-state index in [1.165, 1.54) is 11.8 Å². The van der Waals surface area contributed by atoms with Gasteiger partial charge < -0.3 is 5.73 Å². The summed E-state index contributed by atoms with van der Waals surface area (Å²) in [7, 11) is 0. The van der Waals surface area contributed by atoms with Crippen molar-refractivity contribution in [2.75, 3.05) is 5.73 Å². The zero-order valence-electron chi connectivity index (χ0n) is 10.2. The smallest absolute Gasteiger partial charge is 0.198 e. The molecule has 2 heterocycles. The van der Waals surface area contributed by atoms with Gasteiger partial charge in [0, 0.05) is 17.5 Å². The summed E-state index contributed by atoms with van der Waals surface area (Å²) in [6, 6.07) is 1.65. The normalized spacial score (nSPS) is 10.7. The largest absolute Gasteiger partial charge is 0.384 e. The van der Waals surface area contributed by atoms with Crippen LogP contribution in [-0.2, 0) is 0 Å². The molecule has 2 N–H and O–H groups in total. The monoisotopic (exact) mass is 325 g/mol. The molecular weight excluding hydrogens is 314 g/mol. The van der Waals surface area contributed by atoms with Gasteiger partial charge in [-0.2, -0.15) is 0 Å². The number of anilines is 1. The first kappa shape index (κ1) is 13.2. The third-order valence-electron chi connectivity index (χ3n) is 2.49. The second kappa shape index (κ2) is 5.19. The van der Waals surface area contributed by atoms with E-state index >= 15 is 0 Å². The second-order valence-electron chi connectivity index (χ2n) is 3.80. The van der Waals surface area contributed by atoms with E-state index in [0.717, 1.165) is 17.0 Å². The first-order valence-corrected chi connectivity index (χ1v) is 6.86. The Hall–Kier alpha value is -1.21. The molecule has 0 amide bonds. The van der Waals surface area contributed by atoms with Crippen LogP contribution in [0.5, 0.6) is 0 Å². The molecule has 0 radical (unpaired) electrons. The van der Waals surface area contributed by atoms with E-state index in [0.29, 0.717) is 20.7 Å². The number of nitrogen functional groups attached to an aromatic ring is 1. The highest BCUT2D eigenvalue weighted by Gasteiger charge is 2.09. The molecule has 2 aromatic rings. The standard InChI is InChI=1S/C11H12BrN5S/c1-5-6(2)14-10(15-7(5)3)18-11-16-8(12)4-9(13)17-11/h4H,1-3H3,(H2,13,16,17). The van der Waals surface area contributed by atoms with Crippen molar-refractivity contribution in [2.45, 2.75) is 31.1 Å². The number of halogens is 1. The summed E-state index contributed by atoms with van der Waals surface area (Å²) >= 11 is 4.58. The van der Waals surface area contributed by atoms with E-state index in [9.17, 15) is 0 Å². The summed E-state index contributed by atoms with van der Waals surface area (Å²) in [4.78, 5) is 17.2. The molecule has 0 aliphatic carbocycles. The maximum Gasteiger partial charge on any atom is 0.198 e. The van der Waals surface area contributed by atoms with Gasteiger partial charge in [-0.15, -0.1) is 0 Å². The van der Waals surface area contributed by atoms with Gasteiger partial charge in [0.1, 0.15) is 10.4 Å². The SMILES string of the molecule is Cc1nc(Sc2nc(N)cc(Br)n2)nc(C)c1C. The average molecular weight is 326 g/mol. The van der Waals surface area contributed by atoms with Gasteiger partial charge in [0.15, 0.2) is 10.3 Å². The van der Waals surface area contributed by atoms with Crippen molar-refractivity contribution in [3.63, 3.8) is 0 Å². The molecular formula is C11H12BrN5S. The number of hydrogen-bond donors (Lipinski definition) is 1. The molecule has 7 heteroatoms. The lowest BCUT2D eigenvalue weighted by molar-refractivity contribution is 0.868. The molecule has 0 unspecified atom stereocenters. The Labute approximate surface area is 118 Å². The number of nitrogens with zero attached hydrogens (tertiary/aromatic N) is 4. The molecule has 94 valence electrons. The van der Waals surface area contributed by atoms with Gasteiger partial charge in [0.05, 0.1) is 0 Å². The summed E-state index contributed by atoms with van der Waals surface area (Å²) in [6.45, 7) is 5.93. The highest BCUT2D eigenvalue weighted by Crippen LogP contribution is 2.25. The van der Waals surface area contributed by atoms with Crippen molar-refractivity contribution in [3.05, 3.63) is 27.6 Å². The first-order chi connectivity index (χ1) is 8.45. The van der Waals surface area contributed by atoms with Crippen molar-refractivity contribution in [3.8, 4) is 0 Å². The predicted octanol–water partition coefficient (Wildman–Crippen LogP) is 2.69. The van der Waals surface area contributed by atoms with Crippen molar-refractivity contribution >= 4 is 33.5 Å². The number of nitrogens with two attached hydrogens (primary N) is 1. The van der Waals surface area contributed by atoms with Gasteiger partial charge in [-0.3, -0.25) is 0 Å². The topological polar surface area (TPSA) is 77.6 Å². The van der Waals surface area contributed by atoms with Crippen molar-refractivity contribution in [1.82, 2.24) is 19.9 Å². The predicted molar refractivity (Wildman–Crippen MR) is 74.5 cm³/mol. The fourth-order valence-electron chi connectivity index (χ4n) is 1.33. The average Bonchev–Trinajstić information content (AvgIpc) is 2.24. The van der Waals surface area contributed by atoms with Gasteiger partial charge >= 0.3 is 0 Å². The molecule has 2 rings (SSSR count). The highest BCUT2D eigenvalue weighted by molar-refractivity contribution is 9.10. The van der Waals surface area contributed by atoms with Crippen LogP contribution in [0.15, 0.2) is 21.0 Å². The summed E-state index contributed by atoms with van der Waals surface area (Å²) in [6.07, 6.45) is 0. The second-order valence-corrected chi connectivity index (χ2v) is 5.55. The maximum atomic E-state index is 5.66. The van der Waals surface area contributed by atoms with Crippen LogP contribution in [-0.4, -0.2) is 19.9 Å². The van der Waals surface area contributed by atoms with Crippen LogP contribution in [0.4, 0.5) is 5.82 Å². The number of aryl methyl sites for hydroxylation is 2. The summed E-state index contributed by atoms with van der Waals surface area (Å²) in [5.41, 5.74) is 8.70. The minimum Gasteiger partial charge on any atom is -0.384 e. The zero-order valence-corrected chi connectivity index (χ0v) is 12.6.